The van der Waals surface area contributed by atoms with E-state index >= 15 is 0 Å². The third-order valence-corrected chi connectivity index (χ3v) is 3.39. The Morgan fingerprint density at radius 2 is 2.06 bits per heavy atom. The van der Waals surface area contributed by atoms with Gasteiger partial charge < -0.3 is 5.32 Å². The maximum absolute atomic E-state index is 3.24. The topological polar surface area (TPSA) is 15.3 Å². The molecule has 1 aliphatic heterocycles. The van der Waals surface area contributed by atoms with Crippen LogP contribution >= 0.6 is 0 Å². The van der Waals surface area contributed by atoms with Crippen LogP contribution < -0.4 is 5.32 Å². The lowest BCUT2D eigenvalue weighted by molar-refractivity contribution is 0.319. The lowest BCUT2D eigenvalue weighted by atomic mass is 10.1. The summed E-state index contributed by atoms with van der Waals surface area (Å²) in [6.07, 6.45) is 1.36. The van der Waals surface area contributed by atoms with Crippen LogP contribution in [-0.2, 0) is 13.1 Å². The summed E-state index contributed by atoms with van der Waals surface area (Å²) in [6, 6.07) is 8.76. The maximum Gasteiger partial charge on any atom is 0.0237 e. The van der Waals surface area contributed by atoms with Gasteiger partial charge >= 0.3 is 0 Å². The maximum atomic E-state index is 3.24. The number of hydrogen-bond donors (Lipinski definition) is 1. The summed E-state index contributed by atoms with van der Waals surface area (Å²) in [4.78, 5) is 2.57. The molecule has 88 valence electrons. The summed E-state index contributed by atoms with van der Waals surface area (Å²) in [5.74, 6) is 0.872. The van der Waals surface area contributed by atoms with Crippen LogP contribution in [0.4, 0.5) is 0 Å². The van der Waals surface area contributed by atoms with Gasteiger partial charge in [0.05, 0.1) is 0 Å². The van der Waals surface area contributed by atoms with Crippen molar-refractivity contribution in [2.45, 2.75) is 26.4 Å². The van der Waals surface area contributed by atoms with Crippen molar-refractivity contribution in [1.29, 1.82) is 0 Å². The van der Waals surface area contributed by atoms with Gasteiger partial charge in [-0.3, -0.25) is 4.90 Å². The highest BCUT2D eigenvalue weighted by atomic mass is 15.1. The molecule has 2 heteroatoms. The van der Waals surface area contributed by atoms with Crippen LogP contribution in [0.2, 0.25) is 0 Å². The predicted octanol–water partition coefficient (Wildman–Crippen LogP) is 2.25. The zero-order chi connectivity index (χ0) is 11.4. The van der Waals surface area contributed by atoms with Crippen LogP contribution in [0.25, 0.3) is 0 Å². The Labute approximate surface area is 98.7 Å². The van der Waals surface area contributed by atoms with Gasteiger partial charge in [0, 0.05) is 19.6 Å². The molecule has 2 rings (SSSR count). The van der Waals surface area contributed by atoms with Gasteiger partial charge in [0.15, 0.2) is 0 Å². The van der Waals surface area contributed by atoms with E-state index in [9.17, 15) is 0 Å². The van der Waals surface area contributed by atoms with Gasteiger partial charge in [-0.1, -0.05) is 31.2 Å². The Bertz CT molecular complexity index is 335. The molecule has 1 heterocycles. The molecule has 0 aliphatic carbocycles. The second kappa shape index (κ2) is 5.46. The Kier molecular flexibility index (Phi) is 3.97. The van der Waals surface area contributed by atoms with E-state index in [1.165, 1.54) is 30.6 Å². The standard InChI is InChI=1S/C14H22N2/c1-12-7-8-16(10-12)11-14-6-4-3-5-13(14)9-15-2/h3-6,12,15H,7-11H2,1-2H3. The van der Waals surface area contributed by atoms with E-state index in [0.29, 0.717) is 0 Å². The fourth-order valence-corrected chi connectivity index (χ4v) is 2.49. The highest BCUT2D eigenvalue weighted by Crippen LogP contribution is 2.19. The molecule has 0 radical (unpaired) electrons. The number of likely N-dealkylation sites (tertiary alicyclic amines) is 1. The van der Waals surface area contributed by atoms with Gasteiger partial charge in [-0.15, -0.1) is 0 Å². The third kappa shape index (κ3) is 2.83. The average molecular weight is 218 g/mol. The lowest BCUT2D eigenvalue weighted by Gasteiger charge is -2.17. The molecule has 2 nitrogen and oxygen atoms in total. The molecule has 1 fully saturated rings. The second-order valence-corrected chi connectivity index (χ2v) is 4.93. The summed E-state index contributed by atoms with van der Waals surface area (Å²) in [5.41, 5.74) is 2.91. The lowest BCUT2D eigenvalue weighted by Crippen LogP contribution is -2.21. The van der Waals surface area contributed by atoms with Crippen LogP contribution in [0, 0.1) is 5.92 Å². The molecule has 1 N–H and O–H groups in total. The van der Waals surface area contributed by atoms with Crippen LogP contribution in [0.1, 0.15) is 24.5 Å². The van der Waals surface area contributed by atoms with Gasteiger partial charge in [-0.25, -0.2) is 0 Å². The molecular formula is C14H22N2. The molecule has 16 heavy (non-hydrogen) atoms. The quantitative estimate of drug-likeness (QED) is 0.834. The predicted molar refractivity (Wildman–Crippen MR) is 68.3 cm³/mol. The molecule has 0 aromatic heterocycles. The van der Waals surface area contributed by atoms with Crippen molar-refractivity contribution < 1.29 is 0 Å². The molecule has 1 aromatic carbocycles. The Hall–Kier alpha value is -0.860. The molecule has 1 saturated heterocycles. The van der Waals surface area contributed by atoms with Gasteiger partial charge in [0.1, 0.15) is 0 Å². The number of nitrogens with one attached hydrogen (secondary N) is 1. The van der Waals surface area contributed by atoms with Crippen LogP contribution in [0.15, 0.2) is 24.3 Å². The van der Waals surface area contributed by atoms with Gasteiger partial charge in [0.2, 0.25) is 0 Å². The van der Waals surface area contributed by atoms with E-state index in [-0.39, 0.29) is 0 Å². The SMILES string of the molecule is CNCc1ccccc1CN1CCC(C)C1. The number of benzene rings is 1. The van der Waals surface area contributed by atoms with Gasteiger partial charge in [-0.05, 0) is 37.1 Å². The molecular weight excluding hydrogens is 196 g/mol. The summed E-state index contributed by atoms with van der Waals surface area (Å²) in [7, 11) is 2.01. The molecule has 0 saturated carbocycles. The van der Waals surface area contributed by atoms with Crippen LogP contribution in [0.3, 0.4) is 0 Å². The minimum Gasteiger partial charge on any atom is -0.316 e. The van der Waals surface area contributed by atoms with Crippen LogP contribution in [-0.4, -0.2) is 25.0 Å². The van der Waals surface area contributed by atoms with Crippen molar-refractivity contribution in [2.75, 3.05) is 20.1 Å². The van der Waals surface area contributed by atoms with E-state index in [4.69, 9.17) is 0 Å². The first-order chi connectivity index (χ1) is 7.79. The zero-order valence-corrected chi connectivity index (χ0v) is 10.4. The molecule has 0 amide bonds. The van der Waals surface area contributed by atoms with Crippen molar-refractivity contribution >= 4 is 0 Å². The third-order valence-electron chi connectivity index (χ3n) is 3.39. The van der Waals surface area contributed by atoms with Crippen molar-refractivity contribution in [3.63, 3.8) is 0 Å². The fraction of sp³-hybridized carbons (Fsp3) is 0.571. The van der Waals surface area contributed by atoms with Crippen molar-refractivity contribution in [3.8, 4) is 0 Å². The first kappa shape index (κ1) is 11.6. The average Bonchev–Trinajstić information content (AvgIpc) is 2.67. The highest BCUT2D eigenvalue weighted by Gasteiger charge is 2.18. The summed E-state index contributed by atoms with van der Waals surface area (Å²) in [5, 5.41) is 3.24. The Balaban J connectivity index is 2.02. The van der Waals surface area contributed by atoms with Gasteiger partial charge in [0.25, 0.3) is 0 Å². The molecule has 1 unspecified atom stereocenters. The monoisotopic (exact) mass is 218 g/mol. The van der Waals surface area contributed by atoms with Crippen molar-refractivity contribution in [2.24, 2.45) is 5.92 Å². The number of rotatable bonds is 4. The summed E-state index contributed by atoms with van der Waals surface area (Å²) < 4.78 is 0. The fourth-order valence-electron chi connectivity index (χ4n) is 2.49. The minimum absolute atomic E-state index is 0.872. The number of nitrogens with zero attached hydrogens (tertiary/aromatic N) is 1. The Morgan fingerprint density at radius 3 is 2.69 bits per heavy atom. The van der Waals surface area contributed by atoms with E-state index in [0.717, 1.165) is 19.0 Å². The first-order valence-electron chi connectivity index (χ1n) is 6.23. The molecule has 1 aromatic rings. The first-order valence-corrected chi connectivity index (χ1v) is 6.23. The second-order valence-electron chi connectivity index (χ2n) is 4.93. The number of hydrogen-bond acceptors (Lipinski definition) is 2. The van der Waals surface area contributed by atoms with Crippen LogP contribution in [0.5, 0.6) is 0 Å². The van der Waals surface area contributed by atoms with E-state index in [1.54, 1.807) is 0 Å². The van der Waals surface area contributed by atoms with Gasteiger partial charge in [-0.2, -0.15) is 0 Å². The van der Waals surface area contributed by atoms with Crippen molar-refractivity contribution in [1.82, 2.24) is 10.2 Å². The Morgan fingerprint density at radius 1 is 1.31 bits per heavy atom. The van der Waals surface area contributed by atoms with E-state index in [1.807, 2.05) is 7.05 Å². The molecule has 0 bridgehead atoms. The smallest absolute Gasteiger partial charge is 0.0237 e. The summed E-state index contributed by atoms with van der Waals surface area (Å²) in [6.45, 7) is 6.95. The van der Waals surface area contributed by atoms with E-state index < -0.39 is 0 Å². The molecule has 1 aliphatic rings. The normalized spacial score (nSPS) is 21.5. The van der Waals surface area contributed by atoms with E-state index in [2.05, 4.69) is 41.4 Å². The van der Waals surface area contributed by atoms with Crippen molar-refractivity contribution in [3.05, 3.63) is 35.4 Å². The zero-order valence-electron chi connectivity index (χ0n) is 10.4. The highest BCUT2D eigenvalue weighted by molar-refractivity contribution is 5.27. The molecule has 0 spiro atoms. The minimum atomic E-state index is 0.872. The summed E-state index contributed by atoms with van der Waals surface area (Å²) >= 11 is 0. The largest absolute Gasteiger partial charge is 0.316 e. The molecule has 1 atom stereocenters.